The van der Waals surface area contributed by atoms with Crippen LogP contribution in [-0.4, -0.2) is 484 Å². The molecule has 1 unspecified atom stereocenters. The molecule has 9 heterocycles. The lowest BCUT2D eigenvalue weighted by Gasteiger charge is -2.50. The van der Waals surface area contributed by atoms with Crippen molar-refractivity contribution in [3.05, 3.63) is 0 Å². The van der Waals surface area contributed by atoms with Crippen molar-refractivity contribution in [3.8, 4) is 0 Å². The summed E-state index contributed by atoms with van der Waals surface area (Å²) in [4.78, 5) is 0. The van der Waals surface area contributed by atoms with Crippen molar-refractivity contribution in [3.63, 3.8) is 0 Å². The summed E-state index contributed by atoms with van der Waals surface area (Å²) in [5.74, 6) is 0. The van der Waals surface area contributed by atoms with Crippen molar-refractivity contribution >= 4 is 0 Å². The maximum atomic E-state index is 11.5. The van der Waals surface area contributed by atoms with E-state index in [1.54, 1.807) is 0 Å². The normalized spacial score (nSPS) is 53.7. The maximum Gasteiger partial charge on any atom is 0.187 e. The van der Waals surface area contributed by atoms with Crippen molar-refractivity contribution in [2.45, 2.75) is 276 Å². The zero-order valence-corrected chi connectivity index (χ0v) is 52.3. The smallest absolute Gasteiger partial charge is 0.187 e. The van der Waals surface area contributed by atoms with Crippen LogP contribution >= 0.6 is 0 Å². The van der Waals surface area contributed by atoms with Gasteiger partial charge in [-0.1, -0.05) is 0 Å². The first-order chi connectivity index (χ1) is 47.4. The first-order valence-corrected chi connectivity index (χ1v) is 31.7. The molecular weight excluding hydrogens is 1380 g/mol. The van der Waals surface area contributed by atoms with Crippen LogP contribution in [0.1, 0.15) is 0 Å². The second-order valence-corrected chi connectivity index (χ2v) is 25.2. The molecule has 584 valence electrons. The Kier molecular flexibility index (Phi) is 29.2. The lowest BCUT2D eigenvalue weighted by atomic mass is 9.95. The monoisotopic (exact) mass is 1480 g/mol. The van der Waals surface area contributed by atoms with Crippen LogP contribution in [-0.2, 0) is 80.5 Å². The largest absolute Gasteiger partial charge is 0.394 e. The molecule has 0 aromatic carbocycles. The van der Waals surface area contributed by atoms with Gasteiger partial charge >= 0.3 is 0 Å². The molecule has 9 saturated heterocycles. The molecule has 0 aromatic rings. The van der Waals surface area contributed by atoms with Crippen LogP contribution in [0.15, 0.2) is 0 Å². The molecule has 46 heteroatoms. The molecule has 29 N–H and O–H groups in total. The number of rotatable bonds is 25. The van der Waals surface area contributed by atoms with Crippen LogP contribution in [0, 0.1) is 0 Å². The van der Waals surface area contributed by atoms with E-state index in [2.05, 4.69) is 0 Å². The molecule has 45 atom stereocenters. The van der Waals surface area contributed by atoms with Gasteiger partial charge in [0.25, 0.3) is 0 Å². The summed E-state index contributed by atoms with van der Waals surface area (Å²) in [5, 5.41) is 311. The van der Waals surface area contributed by atoms with E-state index in [1.807, 2.05) is 0 Å². The van der Waals surface area contributed by atoms with Gasteiger partial charge in [0.15, 0.2) is 56.6 Å². The van der Waals surface area contributed by atoms with E-state index in [4.69, 9.17) is 80.5 Å². The quantitative estimate of drug-likeness (QED) is 0.0404. The SMILES string of the molecule is OC[C@H]1O[C@H](OC[C@H]2OC(O)[C@H](O)[C@@H](O)[C@@H]2O[C@H]2O[C@H](CO)[C@@H](O[C@H]3O[C@H](CO)[C@@H](O[C@H]4O[C@H](CO)[C@@H](O[C@H]5O[C@H](CO)[C@@H](O[C@H]6O[C@H](CO)[C@@H](O[C@H]7O[C@H](CO)[C@@H](O[C@H]8O[C@H](CO)[C@@H](O)[C@H](O)[C@H]8O)[C@H](O)[C@H]7O)[C@H](O)[C@H]6O)[C@H](O)[C@H]5O)[C@H](O)[C@H]4O)[C@H](O)[C@H]3O)[C@H](O)[C@H]2O)[C@H](O)[C@@H](O)[C@@H]1O. The Hall–Kier alpha value is -1.84. The molecule has 0 radical (unpaired) electrons. The topological polar surface area (TPSA) is 744 Å². The summed E-state index contributed by atoms with van der Waals surface area (Å²) < 4.78 is 95.0. The van der Waals surface area contributed by atoms with Gasteiger partial charge in [-0.2, -0.15) is 0 Å². The van der Waals surface area contributed by atoms with E-state index >= 15 is 0 Å². The Morgan fingerprint density at radius 3 is 0.580 bits per heavy atom. The summed E-state index contributed by atoms with van der Waals surface area (Å²) in [6, 6.07) is 0. The van der Waals surface area contributed by atoms with E-state index in [0.29, 0.717) is 0 Å². The maximum absolute atomic E-state index is 11.5. The Morgan fingerprint density at radius 1 is 0.170 bits per heavy atom. The number of aliphatic hydroxyl groups is 29. The molecule has 0 bridgehead atoms. The lowest BCUT2D eigenvalue weighted by Crippen LogP contribution is -2.68. The molecule has 9 aliphatic heterocycles. The summed E-state index contributed by atoms with van der Waals surface area (Å²) in [6.07, 6.45) is -89.5. The molecule has 9 aliphatic rings. The number of hydrogen-bond donors (Lipinski definition) is 29. The molecule has 9 fully saturated rings. The summed E-state index contributed by atoms with van der Waals surface area (Å²) >= 11 is 0. The van der Waals surface area contributed by atoms with Gasteiger partial charge in [0, 0.05) is 0 Å². The van der Waals surface area contributed by atoms with Gasteiger partial charge in [-0.3, -0.25) is 0 Å². The highest BCUT2D eigenvalue weighted by Crippen LogP contribution is 2.39. The first-order valence-electron chi connectivity index (χ1n) is 31.7. The standard InChI is InChI=1S/C54H92O46/c55-1-10-19(63)21(65)31(75)47(86-10)84-9-18-45(23(67)30(74)46(83)85-18)100-54-38(82)29(73)44(17(8-62)93-54)99-53-37(81)28(72)43(16(7-61)92-53)98-52-36(80)27(71)42(15(6-60)91-52)97-51-35(79)26(70)41(14(5-59)90-51)96-50-34(78)25(69)40(13(4-58)89-50)95-49-33(77)24(68)39(12(3-57)88-49)94-48-32(76)22(66)20(64)11(2-56)87-48/h10-83H,1-9H2/t10-,11-,12-,13-,14-,15-,16-,17-,18-,19-,20-,21+,22+,23-,24-,25-,26-,27-,28-,29-,30-,31-,32-,33-,34-,35-,36-,37-,38-,39-,40-,41-,42-,43-,44-,45-,46?,47+,48-,49-,50-,51-,52-,53-,54-/m1/s1. The molecule has 0 saturated carbocycles. The fourth-order valence-corrected chi connectivity index (χ4v) is 12.9. The molecule has 46 nitrogen and oxygen atoms in total. The van der Waals surface area contributed by atoms with Gasteiger partial charge in [0.1, 0.15) is 220 Å². The summed E-state index contributed by atoms with van der Waals surface area (Å²) in [6.45, 7) is -9.06. The van der Waals surface area contributed by atoms with E-state index in [0.717, 1.165) is 0 Å². The van der Waals surface area contributed by atoms with Crippen LogP contribution in [0.5, 0.6) is 0 Å². The van der Waals surface area contributed by atoms with Gasteiger partial charge < -0.3 is 229 Å². The van der Waals surface area contributed by atoms with Gasteiger partial charge in [-0.15, -0.1) is 0 Å². The highest BCUT2D eigenvalue weighted by atomic mass is 16.8. The van der Waals surface area contributed by atoms with Crippen LogP contribution in [0.4, 0.5) is 0 Å². The highest BCUT2D eigenvalue weighted by molar-refractivity contribution is 5.02. The number of ether oxygens (including phenoxy) is 17. The molecule has 100 heavy (non-hydrogen) atoms. The number of hydrogen-bond acceptors (Lipinski definition) is 46. The van der Waals surface area contributed by atoms with Crippen molar-refractivity contribution in [1.82, 2.24) is 0 Å². The average molecular weight is 1480 g/mol. The summed E-state index contributed by atoms with van der Waals surface area (Å²) in [7, 11) is 0. The second-order valence-electron chi connectivity index (χ2n) is 25.2. The van der Waals surface area contributed by atoms with E-state index in [-0.39, 0.29) is 0 Å². The van der Waals surface area contributed by atoms with Gasteiger partial charge in [-0.05, 0) is 0 Å². The van der Waals surface area contributed by atoms with Crippen LogP contribution in [0.25, 0.3) is 0 Å². The summed E-state index contributed by atoms with van der Waals surface area (Å²) in [5.41, 5.74) is 0. The molecule has 9 rings (SSSR count). The van der Waals surface area contributed by atoms with E-state index < -0.39 is 336 Å². The van der Waals surface area contributed by atoms with Crippen molar-refractivity contribution in [1.29, 1.82) is 0 Å². The predicted molar refractivity (Wildman–Crippen MR) is 297 cm³/mol. The van der Waals surface area contributed by atoms with Gasteiger partial charge in [0.2, 0.25) is 0 Å². The molecule has 0 aromatic heterocycles. The zero-order chi connectivity index (χ0) is 73.4. The third kappa shape index (κ3) is 16.9. The third-order valence-electron chi connectivity index (χ3n) is 18.7. The molecule has 0 amide bonds. The Bertz CT molecular complexity index is 2440. The minimum Gasteiger partial charge on any atom is -0.394 e. The number of aliphatic hydroxyl groups excluding tert-OH is 29. The lowest BCUT2D eigenvalue weighted by molar-refractivity contribution is -0.399. The van der Waals surface area contributed by atoms with Crippen LogP contribution in [0.2, 0.25) is 0 Å². The molecular formula is C54H92O46. The Morgan fingerprint density at radius 2 is 0.350 bits per heavy atom. The van der Waals surface area contributed by atoms with Crippen molar-refractivity contribution in [2.24, 2.45) is 0 Å². The van der Waals surface area contributed by atoms with Crippen LogP contribution < -0.4 is 0 Å². The van der Waals surface area contributed by atoms with Crippen LogP contribution in [0.3, 0.4) is 0 Å². The first kappa shape index (κ1) is 82.2. The zero-order valence-electron chi connectivity index (χ0n) is 52.3. The second kappa shape index (κ2) is 35.5. The fraction of sp³-hybridized carbons (Fsp3) is 1.00. The fourth-order valence-electron chi connectivity index (χ4n) is 12.9. The average Bonchev–Trinajstić information content (AvgIpc) is 0.784. The minimum absolute atomic E-state index is 0.824. The van der Waals surface area contributed by atoms with E-state index in [9.17, 15) is 148 Å². The Balaban J connectivity index is 0.776. The van der Waals surface area contributed by atoms with E-state index in [1.165, 1.54) is 0 Å². The predicted octanol–water partition coefficient (Wildman–Crippen LogP) is -20.6. The van der Waals surface area contributed by atoms with Gasteiger partial charge in [0.05, 0.1) is 59.5 Å². The van der Waals surface area contributed by atoms with Crippen molar-refractivity contribution < 1.29 is 229 Å². The molecule has 0 spiro atoms. The highest BCUT2D eigenvalue weighted by Gasteiger charge is 2.60. The Labute approximate surface area is 563 Å². The molecule has 0 aliphatic carbocycles. The van der Waals surface area contributed by atoms with Crippen molar-refractivity contribution in [2.75, 3.05) is 59.5 Å². The minimum atomic E-state index is -2.30. The van der Waals surface area contributed by atoms with Gasteiger partial charge in [-0.25, -0.2) is 0 Å². The third-order valence-corrected chi connectivity index (χ3v) is 18.7.